The smallest absolute Gasteiger partial charge is 0.191 e. The van der Waals surface area contributed by atoms with Crippen LogP contribution in [-0.4, -0.2) is 31.1 Å². The van der Waals surface area contributed by atoms with Gasteiger partial charge < -0.3 is 19.8 Å². The highest BCUT2D eigenvalue weighted by atomic mass is 32.1. The maximum absolute atomic E-state index is 5.40. The number of methoxy groups -OCH3 is 1. The molecule has 0 radical (unpaired) electrons. The van der Waals surface area contributed by atoms with Gasteiger partial charge in [0.05, 0.1) is 25.6 Å². The summed E-state index contributed by atoms with van der Waals surface area (Å²) in [5.74, 6) is 2.62. The summed E-state index contributed by atoms with van der Waals surface area (Å²) >= 11 is 1.70. The number of hydrogen-bond donors (Lipinski definition) is 2. The highest BCUT2D eigenvalue weighted by Crippen LogP contribution is 2.17. The topological polar surface area (TPSA) is 71.7 Å². The van der Waals surface area contributed by atoms with Crippen LogP contribution in [-0.2, 0) is 19.4 Å². The lowest BCUT2D eigenvalue weighted by Gasteiger charge is -2.12. The van der Waals surface area contributed by atoms with Crippen molar-refractivity contribution in [1.29, 1.82) is 0 Å². The molecular formula is C22H28N4O2S. The molecule has 0 aliphatic carbocycles. The maximum atomic E-state index is 5.40. The molecule has 0 unspecified atom stereocenters. The van der Waals surface area contributed by atoms with E-state index < -0.39 is 0 Å². The third-order valence-corrected chi connectivity index (χ3v) is 5.61. The van der Waals surface area contributed by atoms with Gasteiger partial charge in [0, 0.05) is 24.4 Å². The summed E-state index contributed by atoms with van der Waals surface area (Å²) in [6, 6.07) is 12.0. The molecule has 3 rings (SSSR count). The average molecular weight is 413 g/mol. The number of aryl methyl sites for hydroxylation is 2. The number of furan rings is 1. The standard InChI is InChI=1S/C22H28N4O2S/c1-16-17(2)29-21(26-16)15-25-22(24-13-11-20-5-4-14-28-20)23-12-10-18-6-8-19(27-3)9-7-18/h4-9,14H,10-13,15H2,1-3H3,(H2,23,24,25). The molecule has 0 spiro atoms. The zero-order valence-corrected chi connectivity index (χ0v) is 18.0. The van der Waals surface area contributed by atoms with Crippen molar-refractivity contribution in [2.45, 2.75) is 33.2 Å². The number of benzene rings is 1. The second-order valence-corrected chi connectivity index (χ2v) is 7.98. The van der Waals surface area contributed by atoms with E-state index in [1.165, 1.54) is 10.4 Å². The zero-order chi connectivity index (χ0) is 20.5. The molecule has 0 atom stereocenters. The molecule has 7 heteroatoms. The van der Waals surface area contributed by atoms with Crippen LogP contribution >= 0.6 is 11.3 Å². The van der Waals surface area contributed by atoms with Crippen LogP contribution in [0.3, 0.4) is 0 Å². The highest BCUT2D eigenvalue weighted by Gasteiger charge is 2.05. The molecule has 0 amide bonds. The van der Waals surface area contributed by atoms with Gasteiger partial charge >= 0.3 is 0 Å². The molecule has 0 aliphatic heterocycles. The van der Waals surface area contributed by atoms with Gasteiger partial charge in [0.15, 0.2) is 5.96 Å². The molecule has 2 heterocycles. The van der Waals surface area contributed by atoms with E-state index in [1.807, 2.05) is 31.2 Å². The molecule has 3 aromatic rings. The third-order valence-electron chi connectivity index (χ3n) is 4.55. The Morgan fingerprint density at radius 2 is 1.86 bits per heavy atom. The number of ether oxygens (including phenoxy) is 1. The minimum atomic E-state index is 0.567. The largest absolute Gasteiger partial charge is 0.497 e. The van der Waals surface area contributed by atoms with E-state index in [0.717, 1.165) is 54.1 Å². The van der Waals surface area contributed by atoms with Crippen LogP contribution in [0, 0.1) is 13.8 Å². The Morgan fingerprint density at radius 3 is 2.48 bits per heavy atom. The summed E-state index contributed by atoms with van der Waals surface area (Å²) < 4.78 is 10.6. The predicted octanol–water partition coefficient (Wildman–Crippen LogP) is 3.88. The van der Waals surface area contributed by atoms with Crippen molar-refractivity contribution in [1.82, 2.24) is 15.6 Å². The second-order valence-electron chi connectivity index (χ2n) is 6.70. The number of aromatic nitrogens is 1. The van der Waals surface area contributed by atoms with Crippen LogP contribution in [0.25, 0.3) is 0 Å². The lowest BCUT2D eigenvalue weighted by Crippen LogP contribution is -2.39. The van der Waals surface area contributed by atoms with Crippen molar-refractivity contribution < 1.29 is 9.15 Å². The van der Waals surface area contributed by atoms with Crippen molar-refractivity contribution in [2.75, 3.05) is 20.2 Å². The molecule has 0 aliphatic rings. The van der Waals surface area contributed by atoms with Crippen molar-refractivity contribution in [3.63, 3.8) is 0 Å². The molecular weight excluding hydrogens is 384 g/mol. The van der Waals surface area contributed by atoms with Gasteiger partial charge in [-0.15, -0.1) is 11.3 Å². The van der Waals surface area contributed by atoms with Crippen molar-refractivity contribution >= 4 is 17.3 Å². The molecule has 29 heavy (non-hydrogen) atoms. The first kappa shape index (κ1) is 20.9. The number of guanidine groups is 1. The first-order valence-corrected chi connectivity index (χ1v) is 10.6. The normalized spacial score (nSPS) is 11.5. The molecule has 0 fully saturated rings. The molecule has 0 saturated heterocycles. The summed E-state index contributed by atoms with van der Waals surface area (Å²) in [5.41, 5.74) is 2.33. The van der Waals surface area contributed by atoms with Gasteiger partial charge in [-0.05, 0) is 50.1 Å². The first-order valence-electron chi connectivity index (χ1n) is 9.74. The summed E-state index contributed by atoms with van der Waals surface area (Å²) in [5, 5.41) is 7.84. The van der Waals surface area contributed by atoms with E-state index in [1.54, 1.807) is 24.7 Å². The quantitative estimate of drug-likeness (QED) is 0.412. The lowest BCUT2D eigenvalue weighted by atomic mass is 10.1. The number of aliphatic imine (C=N–C) groups is 1. The number of hydrogen-bond acceptors (Lipinski definition) is 5. The molecule has 154 valence electrons. The molecule has 1 aromatic carbocycles. The van der Waals surface area contributed by atoms with Crippen molar-refractivity contribution in [3.8, 4) is 5.75 Å². The minimum absolute atomic E-state index is 0.567. The first-order chi connectivity index (χ1) is 14.1. The predicted molar refractivity (Wildman–Crippen MR) is 118 cm³/mol. The van der Waals surface area contributed by atoms with Gasteiger partial charge in [0.25, 0.3) is 0 Å². The van der Waals surface area contributed by atoms with E-state index >= 15 is 0 Å². The van der Waals surface area contributed by atoms with Crippen LogP contribution in [0.5, 0.6) is 5.75 Å². The zero-order valence-electron chi connectivity index (χ0n) is 17.2. The Morgan fingerprint density at radius 1 is 1.10 bits per heavy atom. The SMILES string of the molecule is COc1ccc(CCNC(=NCc2nc(C)c(C)s2)NCCc2ccco2)cc1. The van der Waals surface area contributed by atoms with E-state index in [4.69, 9.17) is 14.1 Å². The Balaban J connectivity index is 1.55. The van der Waals surface area contributed by atoms with E-state index in [2.05, 4.69) is 34.7 Å². The molecule has 6 nitrogen and oxygen atoms in total. The van der Waals surface area contributed by atoms with Crippen LogP contribution in [0.1, 0.15) is 26.9 Å². The fraction of sp³-hybridized carbons (Fsp3) is 0.364. The number of thiazole rings is 1. The van der Waals surface area contributed by atoms with Crippen LogP contribution in [0.2, 0.25) is 0 Å². The molecule has 0 saturated carbocycles. The highest BCUT2D eigenvalue weighted by molar-refractivity contribution is 7.11. The minimum Gasteiger partial charge on any atom is -0.497 e. The summed E-state index contributed by atoms with van der Waals surface area (Å²) in [6.07, 6.45) is 3.41. The van der Waals surface area contributed by atoms with E-state index in [9.17, 15) is 0 Å². The fourth-order valence-electron chi connectivity index (χ4n) is 2.80. The monoisotopic (exact) mass is 412 g/mol. The van der Waals surface area contributed by atoms with Gasteiger partial charge in [0.2, 0.25) is 0 Å². The number of nitrogens with one attached hydrogen (secondary N) is 2. The Labute approximate surface area is 176 Å². The van der Waals surface area contributed by atoms with Crippen LogP contribution < -0.4 is 15.4 Å². The van der Waals surface area contributed by atoms with Gasteiger partial charge in [0.1, 0.15) is 16.5 Å². The maximum Gasteiger partial charge on any atom is 0.191 e. The summed E-state index contributed by atoms with van der Waals surface area (Å²) in [4.78, 5) is 10.5. The summed E-state index contributed by atoms with van der Waals surface area (Å²) in [6.45, 7) is 6.23. The molecule has 0 bridgehead atoms. The summed E-state index contributed by atoms with van der Waals surface area (Å²) in [7, 11) is 1.68. The van der Waals surface area contributed by atoms with Gasteiger partial charge in [-0.25, -0.2) is 9.98 Å². The number of rotatable bonds is 9. The van der Waals surface area contributed by atoms with Crippen LogP contribution in [0.15, 0.2) is 52.1 Å². The van der Waals surface area contributed by atoms with Crippen molar-refractivity contribution in [3.05, 3.63) is 69.6 Å². The Hall–Kier alpha value is -2.80. The lowest BCUT2D eigenvalue weighted by molar-refractivity contribution is 0.414. The van der Waals surface area contributed by atoms with Gasteiger partial charge in [-0.2, -0.15) is 0 Å². The average Bonchev–Trinajstić information content (AvgIpc) is 3.36. The third kappa shape index (κ3) is 6.64. The van der Waals surface area contributed by atoms with Crippen LogP contribution in [0.4, 0.5) is 0 Å². The second kappa shape index (κ2) is 10.7. The van der Waals surface area contributed by atoms with Gasteiger partial charge in [-0.3, -0.25) is 0 Å². The van der Waals surface area contributed by atoms with E-state index in [0.29, 0.717) is 6.54 Å². The molecule has 2 N–H and O–H groups in total. The number of nitrogens with zero attached hydrogens (tertiary/aromatic N) is 2. The molecule has 2 aromatic heterocycles. The fourth-order valence-corrected chi connectivity index (χ4v) is 3.66. The van der Waals surface area contributed by atoms with E-state index in [-0.39, 0.29) is 0 Å². The van der Waals surface area contributed by atoms with Gasteiger partial charge in [-0.1, -0.05) is 12.1 Å². The van der Waals surface area contributed by atoms with Crippen molar-refractivity contribution in [2.24, 2.45) is 4.99 Å². The Bertz CT molecular complexity index is 882. The Kier molecular flexibility index (Phi) is 7.69.